The molecule has 0 aliphatic heterocycles. The Balaban J connectivity index is 2.20. The van der Waals surface area contributed by atoms with Gasteiger partial charge < -0.3 is 5.32 Å². The summed E-state index contributed by atoms with van der Waals surface area (Å²) in [6.45, 7) is 8.57. The number of nitrogens with one attached hydrogen (secondary N) is 1. The van der Waals surface area contributed by atoms with Crippen molar-refractivity contribution in [2.45, 2.75) is 52.6 Å². The van der Waals surface area contributed by atoms with Crippen molar-refractivity contribution >= 4 is 0 Å². The fourth-order valence-corrected chi connectivity index (χ4v) is 1.48. The van der Waals surface area contributed by atoms with E-state index in [1.54, 1.807) is 0 Å². The van der Waals surface area contributed by atoms with Crippen LogP contribution in [-0.4, -0.2) is 16.3 Å². The number of nitrogens with zero attached hydrogens (tertiary/aromatic N) is 2. The van der Waals surface area contributed by atoms with Crippen LogP contribution in [-0.2, 0) is 6.54 Å². The van der Waals surface area contributed by atoms with Crippen LogP contribution in [0.4, 0.5) is 0 Å². The standard InChI is InChI=1S/C12H23N3/c1-4-5-6-7-13-8-12-9-14-15(10-12)11(2)3/h9-11,13H,4-8H2,1-3H3. The van der Waals surface area contributed by atoms with E-state index in [1.807, 2.05) is 10.9 Å². The number of hydrogen-bond acceptors (Lipinski definition) is 2. The van der Waals surface area contributed by atoms with Gasteiger partial charge in [0.15, 0.2) is 0 Å². The average molecular weight is 209 g/mol. The molecule has 1 aromatic rings. The van der Waals surface area contributed by atoms with Crippen molar-refractivity contribution in [3.63, 3.8) is 0 Å². The van der Waals surface area contributed by atoms with Crippen LogP contribution in [0, 0.1) is 0 Å². The van der Waals surface area contributed by atoms with E-state index in [2.05, 4.69) is 37.4 Å². The fourth-order valence-electron chi connectivity index (χ4n) is 1.48. The molecule has 0 bridgehead atoms. The number of rotatable bonds is 7. The highest BCUT2D eigenvalue weighted by molar-refractivity contribution is 5.03. The predicted molar refractivity (Wildman–Crippen MR) is 63.8 cm³/mol. The molecule has 0 unspecified atom stereocenters. The van der Waals surface area contributed by atoms with Gasteiger partial charge >= 0.3 is 0 Å². The highest BCUT2D eigenvalue weighted by atomic mass is 15.3. The third-order valence-corrected chi connectivity index (χ3v) is 2.47. The largest absolute Gasteiger partial charge is 0.313 e. The van der Waals surface area contributed by atoms with Crippen LogP contribution in [0.25, 0.3) is 0 Å². The van der Waals surface area contributed by atoms with Crippen molar-refractivity contribution in [2.75, 3.05) is 6.54 Å². The first-order valence-corrected chi connectivity index (χ1v) is 5.97. The van der Waals surface area contributed by atoms with Gasteiger partial charge in [-0.1, -0.05) is 19.8 Å². The molecule has 0 spiro atoms. The highest BCUT2D eigenvalue weighted by Gasteiger charge is 2.00. The second-order valence-electron chi connectivity index (χ2n) is 4.31. The smallest absolute Gasteiger partial charge is 0.0534 e. The summed E-state index contributed by atoms with van der Waals surface area (Å²) in [6, 6.07) is 0.457. The zero-order valence-corrected chi connectivity index (χ0v) is 10.2. The molecule has 15 heavy (non-hydrogen) atoms. The molecule has 1 rings (SSSR count). The normalized spacial score (nSPS) is 11.2. The maximum Gasteiger partial charge on any atom is 0.0534 e. The van der Waals surface area contributed by atoms with Gasteiger partial charge in [-0.15, -0.1) is 0 Å². The Bertz CT molecular complexity index is 266. The fraction of sp³-hybridized carbons (Fsp3) is 0.750. The van der Waals surface area contributed by atoms with E-state index in [4.69, 9.17) is 0 Å². The van der Waals surface area contributed by atoms with E-state index < -0.39 is 0 Å². The molecule has 0 atom stereocenters. The maximum absolute atomic E-state index is 4.31. The van der Waals surface area contributed by atoms with Gasteiger partial charge in [0.1, 0.15) is 0 Å². The van der Waals surface area contributed by atoms with Gasteiger partial charge in [-0.2, -0.15) is 5.10 Å². The number of unbranched alkanes of at least 4 members (excludes halogenated alkanes) is 2. The summed E-state index contributed by atoms with van der Waals surface area (Å²) in [5.74, 6) is 0. The van der Waals surface area contributed by atoms with Crippen LogP contribution in [0.3, 0.4) is 0 Å². The Hall–Kier alpha value is -0.830. The van der Waals surface area contributed by atoms with Crippen molar-refractivity contribution in [3.8, 4) is 0 Å². The van der Waals surface area contributed by atoms with E-state index in [9.17, 15) is 0 Å². The van der Waals surface area contributed by atoms with Gasteiger partial charge in [0.2, 0.25) is 0 Å². The molecular formula is C12H23N3. The van der Waals surface area contributed by atoms with Gasteiger partial charge in [-0.25, -0.2) is 0 Å². The maximum atomic E-state index is 4.31. The van der Waals surface area contributed by atoms with Crippen LogP contribution < -0.4 is 5.32 Å². The van der Waals surface area contributed by atoms with E-state index >= 15 is 0 Å². The summed E-state index contributed by atoms with van der Waals surface area (Å²) in [5, 5.41) is 7.74. The second kappa shape index (κ2) is 6.62. The minimum atomic E-state index is 0.457. The second-order valence-corrected chi connectivity index (χ2v) is 4.31. The molecule has 86 valence electrons. The van der Waals surface area contributed by atoms with Gasteiger partial charge in [0, 0.05) is 24.3 Å². The summed E-state index contributed by atoms with van der Waals surface area (Å²) in [6.07, 6.45) is 7.95. The van der Waals surface area contributed by atoms with Gasteiger partial charge in [0.05, 0.1) is 6.20 Å². The van der Waals surface area contributed by atoms with Crippen LogP contribution >= 0.6 is 0 Å². The minimum Gasteiger partial charge on any atom is -0.313 e. The summed E-state index contributed by atoms with van der Waals surface area (Å²) in [5.41, 5.74) is 1.28. The molecule has 0 saturated carbocycles. The molecule has 1 N–H and O–H groups in total. The molecule has 3 heteroatoms. The van der Waals surface area contributed by atoms with Crippen molar-refractivity contribution in [3.05, 3.63) is 18.0 Å². The lowest BCUT2D eigenvalue weighted by atomic mass is 10.2. The van der Waals surface area contributed by atoms with E-state index in [1.165, 1.54) is 24.8 Å². The zero-order chi connectivity index (χ0) is 11.1. The van der Waals surface area contributed by atoms with Crippen LogP contribution in [0.5, 0.6) is 0 Å². The number of hydrogen-bond donors (Lipinski definition) is 1. The average Bonchev–Trinajstić information content (AvgIpc) is 2.66. The molecule has 0 amide bonds. The van der Waals surface area contributed by atoms with Crippen LogP contribution in [0.2, 0.25) is 0 Å². The van der Waals surface area contributed by atoms with Crippen LogP contribution in [0.1, 0.15) is 51.6 Å². The monoisotopic (exact) mass is 209 g/mol. The third-order valence-electron chi connectivity index (χ3n) is 2.47. The molecular weight excluding hydrogens is 186 g/mol. The lowest BCUT2D eigenvalue weighted by Gasteiger charge is -2.04. The molecule has 0 aliphatic carbocycles. The number of aromatic nitrogens is 2. The highest BCUT2D eigenvalue weighted by Crippen LogP contribution is 2.04. The lowest BCUT2D eigenvalue weighted by Crippen LogP contribution is -2.14. The quantitative estimate of drug-likeness (QED) is 0.700. The van der Waals surface area contributed by atoms with Crippen molar-refractivity contribution in [1.29, 1.82) is 0 Å². The van der Waals surface area contributed by atoms with E-state index in [-0.39, 0.29) is 0 Å². The van der Waals surface area contributed by atoms with Gasteiger partial charge in [-0.05, 0) is 26.8 Å². The summed E-state index contributed by atoms with van der Waals surface area (Å²) >= 11 is 0. The first kappa shape index (κ1) is 12.2. The Morgan fingerprint density at radius 3 is 2.80 bits per heavy atom. The molecule has 0 saturated heterocycles. The Kier molecular flexibility index (Phi) is 5.40. The van der Waals surface area contributed by atoms with Crippen molar-refractivity contribution in [2.24, 2.45) is 0 Å². The van der Waals surface area contributed by atoms with Crippen molar-refractivity contribution in [1.82, 2.24) is 15.1 Å². The lowest BCUT2D eigenvalue weighted by molar-refractivity contribution is 0.531. The van der Waals surface area contributed by atoms with Gasteiger partial charge in [0.25, 0.3) is 0 Å². The molecule has 0 radical (unpaired) electrons. The van der Waals surface area contributed by atoms with Crippen LogP contribution in [0.15, 0.2) is 12.4 Å². The first-order valence-electron chi connectivity index (χ1n) is 5.97. The summed E-state index contributed by atoms with van der Waals surface area (Å²) in [7, 11) is 0. The SMILES string of the molecule is CCCCCNCc1cnn(C(C)C)c1. The Morgan fingerprint density at radius 2 is 2.20 bits per heavy atom. The van der Waals surface area contributed by atoms with Gasteiger partial charge in [-0.3, -0.25) is 4.68 Å². The Labute approximate surface area is 92.9 Å². The molecule has 0 aromatic carbocycles. The summed E-state index contributed by atoms with van der Waals surface area (Å²) in [4.78, 5) is 0. The third kappa shape index (κ3) is 4.47. The molecule has 0 aliphatic rings. The zero-order valence-electron chi connectivity index (χ0n) is 10.2. The topological polar surface area (TPSA) is 29.9 Å². The summed E-state index contributed by atoms with van der Waals surface area (Å²) < 4.78 is 2.00. The van der Waals surface area contributed by atoms with Crippen molar-refractivity contribution < 1.29 is 0 Å². The van der Waals surface area contributed by atoms with E-state index in [0.717, 1.165) is 13.1 Å². The minimum absolute atomic E-state index is 0.457. The van der Waals surface area contributed by atoms with E-state index in [0.29, 0.717) is 6.04 Å². The molecule has 0 fully saturated rings. The Morgan fingerprint density at radius 1 is 1.40 bits per heavy atom. The predicted octanol–water partition coefficient (Wildman–Crippen LogP) is 2.74. The first-order chi connectivity index (χ1) is 7.24. The molecule has 1 heterocycles. The molecule has 3 nitrogen and oxygen atoms in total. The molecule has 1 aromatic heterocycles.